The Kier molecular flexibility index (Phi) is 5.36. The largest absolute Gasteiger partial charge is 0.416 e. The van der Waals surface area contributed by atoms with Crippen LogP contribution in [0.1, 0.15) is 5.56 Å². The first-order valence-electron chi connectivity index (χ1n) is 8.52. The second-order valence-electron chi connectivity index (χ2n) is 6.48. The molecule has 1 aromatic rings. The first kappa shape index (κ1) is 18.5. The van der Waals surface area contributed by atoms with Gasteiger partial charge in [-0.05, 0) is 18.2 Å². The minimum atomic E-state index is -4.36. The number of nitrogens with one attached hydrogen (secondary N) is 1. The van der Waals surface area contributed by atoms with E-state index in [0.29, 0.717) is 45.0 Å². The van der Waals surface area contributed by atoms with E-state index in [1.807, 2.05) is 9.80 Å². The quantitative estimate of drug-likeness (QED) is 0.855. The van der Waals surface area contributed by atoms with E-state index in [1.165, 1.54) is 11.0 Å². The maximum Gasteiger partial charge on any atom is 0.416 e. The molecule has 2 fully saturated rings. The van der Waals surface area contributed by atoms with Crippen molar-refractivity contribution in [2.75, 3.05) is 57.3 Å². The van der Waals surface area contributed by atoms with E-state index in [1.54, 1.807) is 6.07 Å². The van der Waals surface area contributed by atoms with Crippen molar-refractivity contribution in [2.24, 2.45) is 0 Å². The number of carbonyl (C=O) groups excluding carboxylic acids is 2. The number of nitrogens with zero attached hydrogens (tertiary/aromatic N) is 3. The average Bonchev–Trinajstić information content (AvgIpc) is 2.62. The standard InChI is InChI=1S/C17H21F3N4O2/c18-17(19,20)13-2-1-3-14(10-13)23-8-6-22(7-9-23)12-16(26)24-5-4-21-15(25)11-24/h1-3,10H,4-9,11-12H2,(H,21,25). The summed E-state index contributed by atoms with van der Waals surface area (Å²) >= 11 is 0. The zero-order valence-corrected chi connectivity index (χ0v) is 14.3. The van der Waals surface area contributed by atoms with Crippen LogP contribution < -0.4 is 10.2 Å². The summed E-state index contributed by atoms with van der Waals surface area (Å²) in [6.45, 7) is 3.56. The van der Waals surface area contributed by atoms with E-state index >= 15 is 0 Å². The monoisotopic (exact) mass is 370 g/mol. The molecule has 2 saturated heterocycles. The SMILES string of the molecule is O=C1CN(C(=O)CN2CCN(c3cccc(C(F)(F)F)c3)CC2)CCN1. The van der Waals surface area contributed by atoms with Crippen LogP contribution in [0.2, 0.25) is 0 Å². The van der Waals surface area contributed by atoms with Crippen molar-refractivity contribution in [1.29, 1.82) is 0 Å². The number of benzene rings is 1. The number of hydrogen-bond donors (Lipinski definition) is 1. The molecular weight excluding hydrogens is 349 g/mol. The number of piperazine rings is 2. The van der Waals surface area contributed by atoms with Gasteiger partial charge in [-0.2, -0.15) is 13.2 Å². The number of hydrogen-bond acceptors (Lipinski definition) is 4. The van der Waals surface area contributed by atoms with Gasteiger partial charge in [-0.15, -0.1) is 0 Å². The molecule has 26 heavy (non-hydrogen) atoms. The maximum absolute atomic E-state index is 12.8. The van der Waals surface area contributed by atoms with Crippen molar-refractivity contribution in [3.05, 3.63) is 29.8 Å². The highest BCUT2D eigenvalue weighted by Crippen LogP contribution is 2.31. The molecule has 142 valence electrons. The Bertz CT molecular complexity index is 672. The van der Waals surface area contributed by atoms with Crippen molar-refractivity contribution in [3.63, 3.8) is 0 Å². The van der Waals surface area contributed by atoms with Crippen LogP contribution in [0, 0.1) is 0 Å². The van der Waals surface area contributed by atoms with Gasteiger partial charge in [0, 0.05) is 45.0 Å². The molecule has 2 heterocycles. The van der Waals surface area contributed by atoms with Crippen molar-refractivity contribution < 1.29 is 22.8 Å². The molecule has 0 aliphatic carbocycles. The third kappa shape index (κ3) is 4.46. The van der Waals surface area contributed by atoms with Crippen LogP contribution in [0.3, 0.4) is 0 Å². The van der Waals surface area contributed by atoms with Gasteiger partial charge in [0.1, 0.15) is 0 Å². The van der Waals surface area contributed by atoms with E-state index in [0.717, 1.165) is 12.1 Å². The highest BCUT2D eigenvalue weighted by atomic mass is 19.4. The number of alkyl halides is 3. The minimum absolute atomic E-state index is 0.0863. The van der Waals surface area contributed by atoms with E-state index in [2.05, 4.69) is 5.32 Å². The highest BCUT2D eigenvalue weighted by molar-refractivity contribution is 5.86. The molecular formula is C17H21F3N4O2. The fraction of sp³-hybridized carbons (Fsp3) is 0.529. The minimum Gasteiger partial charge on any atom is -0.369 e. The summed E-state index contributed by atoms with van der Waals surface area (Å²) in [5.74, 6) is -0.244. The Balaban J connectivity index is 1.53. The summed E-state index contributed by atoms with van der Waals surface area (Å²) in [5.41, 5.74) is -0.116. The first-order valence-corrected chi connectivity index (χ1v) is 8.52. The second kappa shape index (κ2) is 7.53. The molecule has 2 amide bonds. The summed E-state index contributed by atoms with van der Waals surface area (Å²) in [5, 5.41) is 2.68. The van der Waals surface area contributed by atoms with Gasteiger partial charge >= 0.3 is 6.18 Å². The topological polar surface area (TPSA) is 55.9 Å². The molecule has 0 aromatic heterocycles. The van der Waals surface area contributed by atoms with Gasteiger partial charge in [0.25, 0.3) is 0 Å². The van der Waals surface area contributed by atoms with E-state index in [-0.39, 0.29) is 24.9 Å². The second-order valence-corrected chi connectivity index (χ2v) is 6.48. The molecule has 1 aromatic carbocycles. The Labute approximate surface area is 149 Å². The summed E-state index contributed by atoms with van der Waals surface area (Å²) in [6, 6.07) is 5.30. The lowest BCUT2D eigenvalue weighted by Gasteiger charge is -2.37. The van der Waals surface area contributed by atoms with Gasteiger partial charge in [-0.25, -0.2) is 0 Å². The van der Waals surface area contributed by atoms with Crippen LogP contribution in [-0.2, 0) is 15.8 Å². The number of halogens is 3. The Morgan fingerprint density at radius 2 is 1.85 bits per heavy atom. The third-order valence-corrected chi connectivity index (χ3v) is 4.66. The summed E-state index contributed by atoms with van der Waals surface area (Å²) in [6.07, 6.45) is -4.36. The fourth-order valence-corrected chi connectivity index (χ4v) is 3.19. The molecule has 0 bridgehead atoms. The van der Waals surface area contributed by atoms with Crippen LogP contribution >= 0.6 is 0 Å². The molecule has 3 rings (SSSR count). The van der Waals surface area contributed by atoms with E-state index < -0.39 is 11.7 Å². The zero-order valence-electron chi connectivity index (χ0n) is 14.3. The Hall–Kier alpha value is -2.29. The van der Waals surface area contributed by atoms with Gasteiger partial charge in [-0.3, -0.25) is 14.5 Å². The summed E-state index contributed by atoms with van der Waals surface area (Å²) in [7, 11) is 0. The fourth-order valence-electron chi connectivity index (χ4n) is 3.19. The predicted octanol–water partition coefficient (Wildman–Crippen LogP) is 0.786. The van der Waals surface area contributed by atoms with Gasteiger partial charge in [0.15, 0.2) is 0 Å². The van der Waals surface area contributed by atoms with Gasteiger partial charge in [-0.1, -0.05) is 6.07 Å². The summed E-state index contributed by atoms with van der Waals surface area (Å²) in [4.78, 5) is 29.1. The number of amides is 2. The number of anilines is 1. The van der Waals surface area contributed by atoms with Gasteiger partial charge < -0.3 is 15.1 Å². The van der Waals surface area contributed by atoms with Crippen LogP contribution in [0.15, 0.2) is 24.3 Å². The van der Waals surface area contributed by atoms with Crippen LogP contribution in [0.4, 0.5) is 18.9 Å². The molecule has 6 nitrogen and oxygen atoms in total. The molecule has 0 atom stereocenters. The van der Waals surface area contributed by atoms with Crippen LogP contribution in [0.5, 0.6) is 0 Å². The lowest BCUT2D eigenvalue weighted by atomic mass is 10.1. The van der Waals surface area contributed by atoms with Gasteiger partial charge in [0.2, 0.25) is 11.8 Å². The van der Waals surface area contributed by atoms with E-state index in [4.69, 9.17) is 0 Å². The molecule has 9 heteroatoms. The third-order valence-electron chi connectivity index (χ3n) is 4.66. The van der Waals surface area contributed by atoms with Crippen LogP contribution in [-0.4, -0.2) is 74.0 Å². The molecule has 2 aliphatic rings. The molecule has 0 saturated carbocycles. The molecule has 0 unspecified atom stereocenters. The molecule has 1 N–H and O–H groups in total. The van der Waals surface area contributed by atoms with Crippen molar-refractivity contribution >= 4 is 17.5 Å². The predicted molar refractivity (Wildman–Crippen MR) is 89.7 cm³/mol. The molecule has 0 spiro atoms. The van der Waals surface area contributed by atoms with Crippen molar-refractivity contribution in [3.8, 4) is 0 Å². The first-order chi connectivity index (χ1) is 12.3. The Morgan fingerprint density at radius 3 is 2.50 bits per heavy atom. The molecule has 0 radical (unpaired) electrons. The smallest absolute Gasteiger partial charge is 0.369 e. The molecule has 2 aliphatic heterocycles. The lowest BCUT2D eigenvalue weighted by molar-refractivity contribution is -0.139. The number of rotatable bonds is 3. The highest BCUT2D eigenvalue weighted by Gasteiger charge is 2.31. The zero-order chi connectivity index (χ0) is 18.7. The van der Waals surface area contributed by atoms with Crippen molar-refractivity contribution in [1.82, 2.24) is 15.1 Å². The van der Waals surface area contributed by atoms with E-state index in [9.17, 15) is 22.8 Å². The number of carbonyl (C=O) groups is 2. The average molecular weight is 370 g/mol. The van der Waals surface area contributed by atoms with Gasteiger partial charge in [0.05, 0.1) is 18.7 Å². The normalized spacial score (nSPS) is 19.4. The Morgan fingerprint density at radius 1 is 1.12 bits per heavy atom. The lowest BCUT2D eigenvalue weighted by Crippen LogP contribution is -2.54. The maximum atomic E-state index is 12.8. The van der Waals surface area contributed by atoms with Crippen LogP contribution in [0.25, 0.3) is 0 Å². The summed E-state index contributed by atoms with van der Waals surface area (Å²) < 4.78 is 38.5. The van der Waals surface area contributed by atoms with Crippen molar-refractivity contribution in [2.45, 2.75) is 6.18 Å².